The van der Waals surface area contributed by atoms with Gasteiger partial charge in [-0.15, -0.1) is 0 Å². The second kappa shape index (κ2) is 3.88. The molecule has 0 unspecified atom stereocenters. The average molecular weight is 216 g/mol. The molecule has 0 spiro atoms. The number of aromatic carboxylic acids is 1. The average Bonchev–Trinajstić information content (AvgIpc) is 2.16. The van der Waals surface area contributed by atoms with E-state index in [-0.39, 0.29) is 0 Å². The van der Waals surface area contributed by atoms with Gasteiger partial charge in [-0.25, -0.2) is 9.18 Å². The van der Waals surface area contributed by atoms with E-state index < -0.39 is 33.6 Å². The molecule has 7 nitrogen and oxygen atoms in total. The van der Waals surface area contributed by atoms with Gasteiger partial charge in [-0.3, -0.25) is 20.8 Å². The second-order valence-electron chi connectivity index (χ2n) is 2.52. The van der Waals surface area contributed by atoms with Crippen molar-refractivity contribution in [2.24, 2.45) is 0 Å². The molecule has 0 radical (unpaired) electrons. The van der Waals surface area contributed by atoms with Crippen LogP contribution in [0.1, 0.15) is 10.4 Å². The maximum atomic E-state index is 13.0. The zero-order valence-electron chi connectivity index (χ0n) is 7.10. The minimum atomic E-state index is -1.62. The Bertz CT molecular complexity index is 434. The number of nitrogens with zero attached hydrogens (tertiary/aromatic N) is 1. The van der Waals surface area contributed by atoms with Gasteiger partial charge >= 0.3 is 5.97 Å². The minimum Gasteiger partial charge on any atom is -0.478 e. The van der Waals surface area contributed by atoms with Gasteiger partial charge in [0.05, 0.1) is 4.92 Å². The molecule has 0 aliphatic carbocycles. The van der Waals surface area contributed by atoms with Crippen LogP contribution in [0.2, 0.25) is 0 Å². The first-order chi connectivity index (χ1) is 6.97. The summed E-state index contributed by atoms with van der Waals surface area (Å²) in [5, 5.41) is 27.3. The monoisotopic (exact) mass is 216 g/mol. The molecular weight excluding hydrogens is 211 g/mol. The molecule has 80 valence electrons. The van der Waals surface area contributed by atoms with Crippen molar-refractivity contribution in [1.29, 1.82) is 0 Å². The fraction of sp³-hybridized carbons (Fsp3) is 0. The number of benzene rings is 1. The number of carbonyl (C=O) groups is 1. The molecule has 0 amide bonds. The maximum absolute atomic E-state index is 13.0. The van der Waals surface area contributed by atoms with Crippen LogP contribution in [0.3, 0.4) is 0 Å². The zero-order chi connectivity index (χ0) is 11.6. The van der Waals surface area contributed by atoms with E-state index in [9.17, 15) is 19.3 Å². The highest BCUT2D eigenvalue weighted by molar-refractivity contribution is 5.90. The van der Waals surface area contributed by atoms with Crippen LogP contribution in [0.15, 0.2) is 12.1 Å². The lowest BCUT2D eigenvalue weighted by molar-refractivity contribution is -0.384. The quantitative estimate of drug-likeness (QED) is 0.517. The molecule has 1 aromatic carbocycles. The second-order valence-corrected chi connectivity index (χ2v) is 2.52. The summed E-state index contributed by atoms with van der Waals surface area (Å²) >= 11 is 0. The van der Waals surface area contributed by atoms with E-state index in [1.807, 2.05) is 0 Å². The number of nitrogens with one attached hydrogen (secondary N) is 1. The van der Waals surface area contributed by atoms with E-state index in [4.69, 9.17) is 10.3 Å². The molecule has 0 aliphatic rings. The highest BCUT2D eigenvalue weighted by atomic mass is 19.1. The summed E-state index contributed by atoms with van der Waals surface area (Å²) in [5.74, 6) is -2.80. The lowest BCUT2D eigenvalue weighted by Gasteiger charge is -2.03. The Balaban J connectivity index is 3.43. The Morgan fingerprint density at radius 1 is 1.53 bits per heavy atom. The summed E-state index contributed by atoms with van der Waals surface area (Å²) in [5.41, 5.74) is -0.661. The molecule has 0 saturated heterocycles. The number of halogens is 1. The van der Waals surface area contributed by atoms with E-state index in [2.05, 4.69) is 0 Å². The summed E-state index contributed by atoms with van der Waals surface area (Å²) in [7, 11) is 0. The number of hydrogen-bond acceptors (Lipinski definition) is 5. The number of carboxylic acid groups (broad SMARTS) is 1. The Kier molecular flexibility index (Phi) is 2.81. The van der Waals surface area contributed by atoms with Gasteiger partial charge in [0.15, 0.2) is 0 Å². The van der Waals surface area contributed by atoms with E-state index in [1.54, 1.807) is 0 Å². The number of rotatable bonds is 3. The van der Waals surface area contributed by atoms with Gasteiger partial charge in [0.25, 0.3) is 5.69 Å². The van der Waals surface area contributed by atoms with Crippen molar-refractivity contribution in [3.63, 3.8) is 0 Å². The first-order valence-electron chi connectivity index (χ1n) is 3.58. The van der Waals surface area contributed by atoms with Gasteiger partial charge in [0.2, 0.25) is 0 Å². The van der Waals surface area contributed by atoms with Gasteiger partial charge in [0, 0.05) is 12.1 Å². The summed E-state index contributed by atoms with van der Waals surface area (Å²) in [6.45, 7) is 0. The molecule has 0 heterocycles. The van der Waals surface area contributed by atoms with Crippen LogP contribution in [0.5, 0.6) is 0 Å². The Hall–Kier alpha value is -2.22. The van der Waals surface area contributed by atoms with Crippen LogP contribution in [0.4, 0.5) is 15.8 Å². The van der Waals surface area contributed by atoms with E-state index in [0.29, 0.717) is 12.1 Å². The summed E-state index contributed by atoms with van der Waals surface area (Å²) in [4.78, 5) is 19.9. The van der Waals surface area contributed by atoms with Crippen molar-refractivity contribution in [2.75, 3.05) is 5.48 Å². The van der Waals surface area contributed by atoms with Gasteiger partial charge in [0.1, 0.15) is 17.1 Å². The molecule has 0 aliphatic heterocycles. The molecule has 15 heavy (non-hydrogen) atoms. The van der Waals surface area contributed by atoms with E-state index in [0.717, 1.165) is 0 Å². The van der Waals surface area contributed by atoms with Crippen LogP contribution in [0, 0.1) is 15.9 Å². The molecule has 0 fully saturated rings. The fourth-order valence-corrected chi connectivity index (χ4v) is 0.966. The molecule has 0 saturated carbocycles. The molecule has 8 heteroatoms. The fourth-order valence-electron chi connectivity index (χ4n) is 0.966. The SMILES string of the molecule is O=C(O)c1cc([N+](=O)[O-])c(NO)cc1F. The van der Waals surface area contributed by atoms with Crippen LogP contribution >= 0.6 is 0 Å². The van der Waals surface area contributed by atoms with Crippen LogP contribution in [-0.4, -0.2) is 21.2 Å². The maximum Gasteiger partial charge on any atom is 0.338 e. The molecule has 1 rings (SSSR count). The summed E-state index contributed by atoms with van der Waals surface area (Å²) in [6.07, 6.45) is 0. The van der Waals surface area contributed by atoms with E-state index in [1.165, 1.54) is 5.48 Å². The van der Waals surface area contributed by atoms with Crippen molar-refractivity contribution in [2.45, 2.75) is 0 Å². The number of nitro groups is 1. The molecule has 0 atom stereocenters. The number of nitro benzene ring substituents is 1. The summed E-state index contributed by atoms with van der Waals surface area (Å²) < 4.78 is 13.0. The highest BCUT2D eigenvalue weighted by Gasteiger charge is 2.21. The van der Waals surface area contributed by atoms with Crippen LogP contribution in [-0.2, 0) is 0 Å². The third-order valence-electron chi connectivity index (χ3n) is 1.63. The normalized spacial score (nSPS) is 9.73. The number of carboxylic acids is 1. The molecule has 0 aromatic heterocycles. The van der Waals surface area contributed by atoms with Crippen LogP contribution < -0.4 is 5.48 Å². The predicted molar refractivity (Wildman–Crippen MR) is 45.4 cm³/mol. The van der Waals surface area contributed by atoms with Crippen molar-refractivity contribution >= 4 is 17.3 Å². The summed E-state index contributed by atoms with van der Waals surface area (Å²) in [6, 6.07) is 1.05. The Morgan fingerprint density at radius 2 is 2.13 bits per heavy atom. The third kappa shape index (κ3) is 1.99. The van der Waals surface area contributed by atoms with Gasteiger partial charge < -0.3 is 5.11 Å². The van der Waals surface area contributed by atoms with Crippen LogP contribution in [0.25, 0.3) is 0 Å². The molecule has 0 bridgehead atoms. The van der Waals surface area contributed by atoms with Gasteiger partial charge in [-0.2, -0.15) is 0 Å². The molecular formula is C7H5FN2O5. The largest absolute Gasteiger partial charge is 0.478 e. The highest BCUT2D eigenvalue weighted by Crippen LogP contribution is 2.27. The predicted octanol–water partition coefficient (Wildman–Crippen LogP) is 1.23. The Labute approximate surface area is 81.9 Å². The Morgan fingerprint density at radius 3 is 2.53 bits per heavy atom. The van der Waals surface area contributed by atoms with Gasteiger partial charge in [-0.05, 0) is 0 Å². The van der Waals surface area contributed by atoms with Crippen molar-refractivity contribution < 1.29 is 24.4 Å². The number of anilines is 1. The standard InChI is InChI=1S/C7H5FN2O5/c8-4-2-5(9-13)6(10(14)15)1-3(4)7(11)12/h1-2,9,13H,(H,11,12). The van der Waals surface area contributed by atoms with Crippen molar-refractivity contribution in [3.8, 4) is 0 Å². The zero-order valence-corrected chi connectivity index (χ0v) is 7.10. The van der Waals surface area contributed by atoms with Crippen molar-refractivity contribution in [1.82, 2.24) is 0 Å². The van der Waals surface area contributed by atoms with Crippen molar-refractivity contribution in [3.05, 3.63) is 33.6 Å². The third-order valence-corrected chi connectivity index (χ3v) is 1.63. The molecule has 1 aromatic rings. The lowest BCUT2D eigenvalue weighted by atomic mass is 10.1. The number of hydrogen-bond donors (Lipinski definition) is 3. The molecule has 3 N–H and O–H groups in total. The first kappa shape index (κ1) is 10.9. The topological polar surface area (TPSA) is 113 Å². The van der Waals surface area contributed by atoms with Gasteiger partial charge in [-0.1, -0.05) is 0 Å². The lowest BCUT2D eigenvalue weighted by Crippen LogP contribution is -2.05. The minimum absolute atomic E-state index is 0.512. The smallest absolute Gasteiger partial charge is 0.338 e. The van der Waals surface area contributed by atoms with E-state index >= 15 is 0 Å². The first-order valence-corrected chi connectivity index (χ1v) is 3.58.